The largest absolute Gasteiger partial charge is 0.279 e. The van der Waals surface area contributed by atoms with Crippen LogP contribution in [0.2, 0.25) is 0 Å². The van der Waals surface area contributed by atoms with Gasteiger partial charge in [-0.1, -0.05) is 6.07 Å². The number of nitrogens with zero attached hydrogens (tertiary/aromatic N) is 1. The molecule has 24 heavy (non-hydrogen) atoms. The molecule has 2 N–H and O–H groups in total. The lowest BCUT2D eigenvalue weighted by atomic mass is 10.3. The van der Waals surface area contributed by atoms with Crippen molar-refractivity contribution in [3.8, 4) is 10.6 Å². The SMILES string of the molecule is CSc1cccc(NS(=O)(=O)c2ccc(-c3ccc(=O)[nH]n3)s2)c1. The van der Waals surface area contributed by atoms with Crippen LogP contribution in [0.25, 0.3) is 10.6 Å². The fraction of sp³-hybridized carbons (Fsp3) is 0.0667. The van der Waals surface area contributed by atoms with Crippen LogP contribution in [0.3, 0.4) is 0 Å². The first-order chi connectivity index (χ1) is 11.5. The van der Waals surface area contributed by atoms with Gasteiger partial charge < -0.3 is 0 Å². The van der Waals surface area contributed by atoms with Gasteiger partial charge in [0.2, 0.25) is 0 Å². The van der Waals surface area contributed by atoms with E-state index >= 15 is 0 Å². The second-order valence-corrected chi connectivity index (χ2v) is 8.64. The summed E-state index contributed by atoms with van der Waals surface area (Å²) in [5.74, 6) is 0. The number of aromatic amines is 1. The van der Waals surface area contributed by atoms with Gasteiger partial charge in [0.1, 0.15) is 9.90 Å². The molecule has 0 aliphatic rings. The van der Waals surface area contributed by atoms with Crippen molar-refractivity contribution in [3.05, 3.63) is 58.9 Å². The average Bonchev–Trinajstić information content (AvgIpc) is 3.06. The molecule has 0 amide bonds. The van der Waals surface area contributed by atoms with E-state index in [2.05, 4.69) is 14.9 Å². The van der Waals surface area contributed by atoms with Crippen LogP contribution in [0, 0.1) is 0 Å². The number of H-pyrrole nitrogens is 1. The minimum absolute atomic E-state index is 0.181. The number of anilines is 1. The van der Waals surface area contributed by atoms with Crippen LogP contribution < -0.4 is 10.3 Å². The number of aromatic nitrogens is 2. The molecule has 0 bridgehead atoms. The van der Waals surface area contributed by atoms with E-state index in [4.69, 9.17) is 0 Å². The van der Waals surface area contributed by atoms with Crippen LogP contribution in [0.1, 0.15) is 0 Å². The Morgan fingerprint density at radius 2 is 2.00 bits per heavy atom. The van der Waals surface area contributed by atoms with Gasteiger partial charge in [-0.05, 0) is 42.7 Å². The molecule has 9 heteroatoms. The maximum absolute atomic E-state index is 12.5. The van der Waals surface area contributed by atoms with Crippen LogP contribution in [0.15, 0.2) is 62.4 Å². The van der Waals surface area contributed by atoms with Gasteiger partial charge in [-0.15, -0.1) is 23.1 Å². The van der Waals surface area contributed by atoms with E-state index in [-0.39, 0.29) is 9.77 Å². The first-order valence-electron chi connectivity index (χ1n) is 6.81. The molecule has 0 aliphatic carbocycles. The molecule has 6 nitrogen and oxygen atoms in total. The van der Waals surface area contributed by atoms with Gasteiger partial charge in [-0.25, -0.2) is 13.5 Å². The Labute approximate surface area is 147 Å². The summed E-state index contributed by atoms with van der Waals surface area (Å²) in [5, 5.41) is 6.24. The number of thiophene rings is 1. The van der Waals surface area contributed by atoms with E-state index in [9.17, 15) is 13.2 Å². The summed E-state index contributed by atoms with van der Waals surface area (Å²) in [5.41, 5.74) is 0.725. The fourth-order valence-corrected chi connectivity index (χ4v) is 4.76. The molecule has 0 atom stereocenters. The zero-order valence-corrected chi connectivity index (χ0v) is 15.0. The highest BCUT2D eigenvalue weighted by molar-refractivity contribution is 7.98. The molecular weight excluding hydrogens is 366 g/mol. The molecule has 3 rings (SSSR count). The standard InChI is InChI=1S/C15H13N3O3S3/c1-22-11-4-2-3-10(9-11)18-24(20,21)15-8-6-13(23-15)12-5-7-14(19)17-16-12/h2-9,18H,1H3,(H,17,19). The van der Waals surface area contributed by atoms with Crippen molar-refractivity contribution in [3.63, 3.8) is 0 Å². The average molecular weight is 379 g/mol. The van der Waals surface area contributed by atoms with E-state index in [1.54, 1.807) is 30.3 Å². The van der Waals surface area contributed by atoms with Crippen molar-refractivity contribution in [1.29, 1.82) is 0 Å². The van der Waals surface area contributed by atoms with Crippen LogP contribution in [0.5, 0.6) is 0 Å². The topological polar surface area (TPSA) is 91.9 Å². The lowest BCUT2D eigenvalue weighted by Gasteiger charge is -2.07. The summed E-state index contributed by atoms with van der Waals surface area (Å²) in [6.45, 7) is 0. The van der Waals surface area contributed by atoms with Crippen molar-refractivity contribution < 1.29 is 8.42 Å². The Hall–Kier alpha value is -2.10. The second kappa shape index (κ2) is 6.80. The molecular formula is C15H13N3O3S3. The molecule has 124 valence electrons. The Morgan fingerprint density at radius 3 is 2.71 bits per heavy atom. The minimum Gasteiger partial charge on any atom is -0.279 e. The van der Waals surface area contributed by atoms with Gasteiger partial charge in [0.15, 0.2) is 0 Å². The van der Waals surface area contributed by atoms with E-state index in [0.717, 1.165) is 16.2 Å². The maximum atomic E-state index is 12.5. The van der Waals surface area contributed by atoms with E-state index in [1.807, 2.05) is 12.3 Å². The van der Waals surface area contributed by atoms with Crippen molar-refractivity contribution >= 4 is 38.8 Å². The molecule has 0 radical (unpaired) electrons. The third-order valence-electron chi connectivity index (χ3n) is 3.10. The summed E-state index contributed by atoms with van der Waals surface area (Å²) in [4.78, 5) is 12.7. The normalized spacial score (nSPS) is 11.4. The second-order valence-electron chi connectivity index (χ2n) is 4.76. The third-order valence-corrected chi connectivity index (χ3v) is 6.81. The predicted octanol–water partition coefficient (Wildman–Crippen LogP) is 3.02. The maximum Gasteiger partial charge on any atom is 0.271 e. The zero-order valence-electron chi connectivity index (χ0n) is 12.5. The summed E-state index contributed by atoms with van der Waals surface area (Å²) in [7, 11) is -3.67. The summed E-state index contributed by atoms with van der Waals surface area (Å²) in [6.07, 6.45) is 1.93. The smallest absolute Gasteiger partial charge is 0.271 e. The van der Waals surface area contributed by atoms with E-state index < -0.39 is 10.0 Å². The lowest BCUT2D eigenvalue weighted by Crippen LogP contribution is -2.11. The van der Waals surface area contributed by atoms with Crippen LogP contribution in [-0.2, 0) is 10.0 Å². The van der Waals surface area contributed by atoms with Crippen LogP contribution in [-0.4, -0.2) is 24.9 Å². The Morgan fingerprint density at radius 1 is 1.17 bits per heavy atom. The quantitative estimate of drug-likeness (QED) is 0.665. The van der Waals surface area contributed by atoms with Crippen molar-refractivity contribution in [2.24, 2.45) is 0 Å². The fourth-order valence-electron chi connectivity index (χ4n) is 1.98. The van der Waals surface area contributed by atoms with Gasteiger partial charge in [0, 0.05) is 16.6 Å². The van der Waals surface area contributed by atoms with Gasteiger partial charge in [-0.3, -0.25) is 9.52 Å². The number of thioether (sulfide) groups is 1. The predicted molar refractivity (Wildman–Crippen MR) is 97.2 cm³/mol. The number of hydrogen-bond acceptors (Lipinski definition) is 6. The number of hydrogen-bond donors (Lipinski definition) is 2. The third kappa shape index (κ3) is 3.69. The molecule has 0 saturated carbocycles. The highest BCUT2D eigenvalue weighted by Crippen LogP contribution is 2.30. The highest BCUT2D eigenvalue weighted by atomic mass is 32.2. The first kappa shape index (κ1) is 16.7. The Kier molecular flexibility index (Phi) is 4.74. The molecule has 3 aromatic rings. The molecule has 2 heterocycles. The molecule has 0 saturated heterocycles. The van der Waals surface area contributed by atoms with Crippen molar-refractivity contribution in [1.82, 2.24) is 10.2 Å². The summed E-state index contributed by atoms with van der Waals surface area (Å²) in [6, 6.07) is 13.3. The number of benzene rings is 1. The number of nitrogens with one attached hydrogen (secondary N) is 2. The van der Waals surface area contributed by atoms with Gasteiger partial charge in [-0.2, -0.15) is 5.10 Å². The number of rotatable bonds is 5. The molecule has 0 spiro atoms. The Balaban J connectivity index is 1.87. The zero-order chi connectivity index (χ0) is 17.2. The minimum atomic E-state index is -3.67. The lowest BCUT2D eigenvalue weighted by molar-refractivity contribution is 0.603. The van der Waals surface area contributed by atoms with Gasteiger partial charge >= 0.3 is 0 Å². The highest BCUT2D eigenvalue weighted by Gasteiger charge is 2.18. The molecule has 0 aliphatic heterocycles. The monoisotopic (exact) mass is 379 g/mol. The molecule has 1 aromatic carbocycles. The van der Waals surface area contributed by atoms with Crippen molar-refractivity contribution in [2.75, 3.05) is 11.0 Å². The van der Waals surface area contributed by atoms with E-state index in [0.29, 0.717) is 16.3 Å². The van der Waals surface area contributed by atoms with E-state index in [1.165, 1.54) is 23.9 Å². The molecule has 0 fully saturated rings. The van der Waals surface area contributed by atoms with Crippen LogP contribution in [0.4, 0.5) is 5.69 Å². The molecule has 2 aromatic heterocycles. The molecule has 0 unspecified atom stereocenters. The van der Waals surface area contributed by atoms with Gasteiger partial charge in [0.05, 0.1) is 4.88 Å². The summed E-state index contributed by atoms with van der Waals surface area (Å²) < 4.78 is 27.8. The van der Waals surface area contributed by atoms with Crippen LogP contribution >= 0.6 is 23.1 Å². The first-order valence-corrected chi connectivity index (χ1v) is 10.3. The van der Waals surface area contributed by atoms with Crippen molar-refractivity contribution in [2.45, 2.75) is 9.10 Å². The number of sulfonamides is 1. The Bertz CT molecular complexity index is 1000. The van der Waals surface area contributed by atoms with Gasteiger partial charge in [0.25, 0.3) is 15.6 Å². The summed E-state index contributed by atoms with van der Waals surface area (Å²) >= 11 is 2.63.